The Bertz CT molecular complexity index is 735. The number of rotatable bonds is 5. The van der Waals surface area contributed by atoms with Crippen LogP contribution in [0.25, 0.3) is 0 Å². The first-order chi connectivity index (χ1) is 10.8. The van der Waals surface area contributed by atoms with Gasteiger partial charge in [0.1, 0.15) is 16.7 Å². The molecule has 1 aromatic carbocycles. The Labute approximate surface area is 132 Å². The van der Waals surface area contributed by atoms with Crippen LogP contribution in [0.4, 0.5) is 0 Å². The van der Waals surface area contributed by atoms with Crippen LogP contribution in [0, 0.1) is 0 Å². The van der Waals surface area contributed by atoms with Gasteiger partial charge in [0, 0.05) is 0 Å². The molecule has 0 aliphatic heterocycles. The highest BCUT2D eigenvalue weighted by atomic mass is 32.1. The molecule has 2 aromatic heterocycles. The minimum atomic E-state index is -0.309. The van der Waals surface area contributed by atoms with Crippen molar-refractivity contribution in [3.05, 3.63) is 76.1 Å². The van der Waals surface area contributed by atoms with E-state index >= 15 is 0 Å². The molecule has 0 saturated heterocycles. The summed E-state index contributed by atoms with van der Waals surface area (Å²) in [4.78, 5) is 17.3. The number of thiazole rings is 1. The molecule has 112 valence electrons. The number of nitrogens with one attached hydrogen (secondary N) is 1. The molecule has 0 aliphatic rings. The largest absolute Gasteiger partial charge is 0.467 e. The SMILES string of the molecule is CCc1ncc(C(=O)NC(c2ccccc2)c2ccco2)s1. The molecule has 0 bridgehead atoms. The fourth-order valence-corrected chi connectivity index (χ4v) is 2.96. The minimum absolute atomic E-state index is 0.137. The van der Waals surface area contributed by atoms with Gasteiger partial charge in [-0.05, 0) is 24.1 Å². The molecule has 3 rings (SSSR count). The zero-order chi connectivity index (χ0) is 15.4. The van der Waals surface area contributed by atoms with E-state index in [9.17, 15) is 4.79 Å². The number of hydrogen-bond acceptors (Lipinski definition) is 4. The number of furan rings is 1. The summed E-state index contributed by atoms with van der Waals surface area (Å²) in [6, 6.07) is 13.1. The second-order valence-electron chi connectivity index (χ2n) is 4.80. The Balaban J connectivity index is 1.86. The van der Waals surface area contributed by atoms with Crippen molar-refractivity contribution in [2.75, 3.05) is 0 Å². The van der Waals surface area contributed by atoms with Crippen molar-refractivity contribution in [1.29, 1.82) is 0 Å². The zero-order valence-corrected chi connectivity index (χ0v) is 13.0. The summed E-state index contributed by atoms with van der Waals surface area (Å²) in [5.41, 5.74) is 0.978. The molecule has 4 nitrogen and oxygen atoms in total. The molecule has 3 aromatic rings. The van der Waals surface area contributed by atoms with E-state index in [2.05, 4.69) is 10.3 Å². The van der Waals surface area contributed by atoms with Crippen molar-refractivity contribution in [1.82, 2.24) is 10.3 Å². The number of benzene rings is 1. The van der Waals surface area contributed by atoms with Crippen molar-refractivity contribution >= 4 is 17.2 Å². The Kier molecular flexibility index (Phi) is 4.34. The number of aryl methyl sites for hydroxylation is 1. The quantitative estimate of drug-likeness (QED) is 0.779. The minimum Gasteiger partial charge on any atom is -0.467 e. The predicted molar refractivity (Wildman–Crippen MR) is 86.0 cm³/mol. The molecule has 2 heterocycles. The van der Waals surface area contributed by atoms with Crippen LogP contribution in [0.2, 0.25) is 0 Å². The van der Waals surface area contributed by atoms with E-state index in [0.29, 0.717) is 10.6 Å². The molecule has 0 radical (unpaired) electrons. The summed E-state index contributed by atoms with van der Waals surface area (Å²) < 4.78 is 5.49. The summed E-state index contributed by atoms with van der Waals surface area (Å²) in [5.74, 6) is 0.572. The van der Waals surface area contributed by atoms with Crippen molar-refractivity contribution in [3.8, 4) is 0 Å². The molecule has 0 fully saturated rings. The van der Waals surface area contributed by atoms with E-state index in [1.165, 1.54) is 11.3 Å². The maximum absolute atomic E-state index is 12.5. The predicted octanol–water partition coefficient (Wildman–Crippen LogP) is 3.82. The maximum atomic E-state index is 12.5. The molecule has 1 unspecified atom stereocenters. The fourth-order valence-electron chi connectivity index (χ4n) is 2.20. The van der Waals surface area contributed by atoms with Gasteiger partial charge in [0.15, 0.2) is 0 Å². The van der Waals surface area contributed by atoms with Crippen LogP contribution in [-0.4, -0.2) is 10.9 Å². The van der Waals surface area contributed by atoms with Crippen LogP contribution in [0.3, 0.4) is 0 Å². The fraction of sp³-hybridized carbons (Fsp3) is 0.176. The van der Waals surface area contributed by atoms with Crippen LogP contribution in [-0.2, 0) is 6.42 Å². The Hall–Kier alpha value is -2.40. The smallest absolute Gasteiger partial charge is 0.263 e. The second kappa shape index (κ2) is 6.58. The standard InChI is InChI=1S/C17H16N2O2S/c1-2-15-18-11-14(22-15)17(20)19-16(13-9-6-10-21-13)12-7-4-3-5-8-12/h3-11,16H,2H2,1H3,(H,19,20). The van der Waals surface area contributed by atoms with Gasteiger partial charge in [0.05, 0.1) is 17.5 Å². The molecular weight excluding hydrogens is 296 g/mol. The third kappa shape index (κ3) is 3.09. The van der Waals surface area contributed by atoms with Crippen molar-refractivity contribution in [3.63, 3.8) is 0 Å². The molecule has 5 heteroatoms. The van der Waals surface area contributed by atoms with Crippen LogP contribution in [0.1, 0.15) is 39.0 Å². The average Bonchev–Trinajstić information content (AvgIpc) is 3.24. The van der Waals surface area contributed by atoms with E-state index in [-0.39, 0.29) is 11.9 Å². The van der Waals surface area contributed by atoms with Crippen LogP contribution in [0.15, 0.2) is 59.3 Å². The Morgan fingerprint density at radius 3 is 2.73 bits per heavy atom. The number of amides is 1. The van der Waals surface area contributed by atoms with Gasteiger partial charge in [0.2, 0.25) is 0 Å². The average molecular weight is 312 g/mol. The third-order valence-electron chi connectivity index (χ3n) is 3.32. The summed E-state index contributed by atoms with van der Waals surface area (Å²) in [6.07, 6.45) is 4.07. The van der Waals surface area contributed by atoms with Gasteiger partial charge < -0.3 is 9.73 Å². The number of aromatic nitrogens is 1. The number of hydrogen-bond donors (Lipinski definition) is 1. The first-order valence-electron chi connectivity index (χ1n) is 7.12. The highest BCUT2D eigenvalue weighted by Gasteiger charge is 2.21. The molecular formula is C17H16N2O2S. The van der Waals surface area contributed by atoms with Gasteiger partial charge in [-0.25, -0.2) is 4.98 Å². The van der Waals surface area contributed by atoms with Crippen LogP contribution in [0.5, 0.6) is 0 Å². The molecule has 0 saturated carbocycles. The zero-order valence-electron chi connectivity index (χ0n) is 12.2. The van der Waals surface area contributed by atoms with Gasteiger partial charge in [0.25, 0.3) is 5.91 Å². The second-order valence-corrected chi connectivity index (χ2v) is 5.92. The Morgan fingerprint density at radius 2 is 2.09 bits per heavy atom. The normalized spacial score (nSPS) is 12.0. The first kappa shape index (κ1) is 14.5. The molecule has 1 atom stereocenters. The van der Waals surface area contributed by atoms with E-state index in [4.69, 9.17) is 4.42 Å². The van der Waals surface area contributed by atoms with Gasteiger partial charge in [-0.15, -0.1) is 11.3 Å². The highest BCUT2D eigenvalue weighted by Crippen LogP contribution is 2.23. The van der Waals surface area contributed by atoms with Gasteiger partial charge in [-0.3, -0.25) is 4.79 Å². The molecule has 0 aliphatic carbocycles. The van der Waals surface area contributed by atoms with E-state index in [1.54, 1.807) is 12.5 Å². The summed E-state index contributed by atoms with van der Waals surface area (Å²) in [7, 11) is 0. The summed E-state index contributed by atoms with van der Waals surface area (Å²) >= 11 is 1.42. The van der Waals surface area contributed by atoms with Crippen LogP contribution < -0.4 is 5.32 Å². The molecule has 0 spiro atoms. The third-order valence-corrected chi connectivity index (χ3v) is 4.46. The molecule has 22 heavy (non-hydrogen) atoms. The maximum Gasteiger partial charge on any atom is 0.263 e. The lowest BCUT2D eigenvalue weighted by Crippen LogP contribution is -2.28. The number of nitrogens with zero attached hydrogens (tertiary/aromatic N) is 1. The highest BCUT2D eigenvalue weighted by molar-refractivity contribution is 7.13. The summed E-state index contributed by atoms with van der Waals surface area (Å²) in [5, 5.41) is 3.98. The number of carbonyl (C=O) groups excluding carboxylic acids is 1. The van der Waals surface area contributed by atoms with Gasteiger partial charge in [-0.2, -0.15) is 0 Å². The first-order valence-corrected chi connectivity index (χ1v) is 7.93. The monoisotopic (exact) mass is 312 g/mol. The lowest BCUT2D eigenvalue weighted by atomic mass is 10.0. The molecule has 1 amide bonds. The van der Waals surface area contributed by atoms with E-state index in [1.807, 2.05) is 49.4 Å². The van der Waals surface area contributed by atoms with Crippen molar-refractivity contribution in [2.45, 2.75) is 19.4 Å². The number of carbonyl (C=O) groups is 1. The Morgan fingerprint density at radius 1 is 1.27 bits per heavy atom. The lowest BCUT2D eigenvalue weighted by molar-refractivity contribution is 0.0943. The van der Waals surface area contributed by atoms with E-state index in [0.717, 1.165) is 17.0 Å². The van der Waals surface area contributed by atoms with Crippen molar-refractivity contribution < 1.29 is 9.21 Å². The lowest BCUT2D eigenvalue weighted by Gasteiger charge is -2.16. The van der Waals surface area contributed by atoms with Gasteiger partial charge >= 0.3 is 0 Å². The molecule has 1 N–H and O–H groups in total. The van der Waals surface area contributed by atoms with Gasteiger partial charge in [-0.1, -0.05) is 37.3 Å². The van der Waals surface area contributed by atoms with E-state index < -0.39 is 0 Å². The van der Waals surface area contributed by atoms with Crippen molar-refractivity contribution in [2.24, 2.45) is 0 Å². The van der Waals surface area contributed by atoms with Crippen LogP contribution >= 0.6 is 11.3 Å². The topological polar surface area (TPSA) is 55.1 Å². The summed E-state index contributed by atoms with van der Waals surface area (Å²) in [6.45, 7) is 2.02.